The van der Waals surface area contributed by atoms with Gasteiger partial charge >= 0.3 is 0 Å². The minimum atomic E-state index is 0.186. The molecule has 1 unspecified atom stereocenters. The third-order valence-corrected chi connectivity index (χ3v) is 3.59. The lowest BCUT2D eigenvalue weighted by atomic mass is 9.87. The molecule has 0 aromatic carbocycles. The van der Waals surface area contributed by atoms with Crippen LogP contribution in [0.25, 0.3) is 0 Å². The second kappa shape index (κ2) is 5.48. The molecule has 1 saturated heterocycles. The predicted octanol–water partition coefficient (Wildman–Crippen LogP) is 0.685. The summed E-state index contributed by atoms with van der Waals surface area (Å²) in [7, 11) is 0. The van der Waals surface area contributed by atoms with Crippen molar-refractivity contribution in [2.45, 2.75) is 18.9 Å². The first-order valence-electron chi connectivity index (χ1n) is 6.12. The van der Waals surface area contributed by atoms with Crippen molar-refractivity contribution in [2.75, 3.05) is 26.2 Å². The SMILES string of the molecule is NCCN1CCC(C(N)c2cc[nH]c2)CC1. The minimum Gasteiger partial charge on any atom is -0.367 e. The zero-order valence-electron chi connectivity index (χ0n) is 9.73. The van der Waals surface area contributed by atoms with E-state index in [0.29, 0.717) is 5.92 Å². The van der Waals surface area contributed by atoms with Crippen LogP contribution in [0.3, 0.4) is 0 Å². The van der Waals surface area contributed by atoms with Crippen molar-refractivity contribution >= 4 is 0 Å². The maximum Gasteiger partial charge on any atom is 0.0339 e. The van der Waals surface area contributed by atoms with Crippen LogP contribution in [0, 0.1) is 5.92 Å². The van der Waals surface area contributed by atoms with E-state index in [-0.39, 0.29) is 6.04 Å². The van der Waals surface area contributed by atoms with Gasteiger partial charge in [0, 0.05) is 31.5 Å². The zero-order valence-corrected chi connectivity index (χ0v) is 9.73. The number of hydrogen-bond donors (Lipinski definition) is 3. The van der Waals surface area contributed by atoms with Gasteiger partial charge in [-0.2, -0.15) is 0 Å². The fourth-order valence-corrected chi connectivity index (χ4v) is 2.53. The average Bonchev–Trinajstić information content (AvgIpc) is 2.83. The van der Waals surface area contributed by atoms with Crippen molar-refractivity contribution in [3.63, 3.8) is 0 Å². The van der Waals surface area contributed by atoms with Gasteiger partial charge in [0.1, 0.15) is 0 Å². The Morgan fingerprint density at radius 1 is 1.44 bits per heavy atom. The summed E-state index contributed by atoms with van der Waals surface area (Å²) in [6, 6.07) is 2.27. The van der Waals surface area contributed by atoms with Crippen LogP contribution < -0.4 is 11.5 Å². The summed E-state index contributed by atoms with van der Waals surface area (Å²) in [5, 5.41) is 0. The molecule has 1 aromatic heterocycles. The van der Waals surface area contributed by atoms with Crippen LogP contribution in [0.5, 0.6) is 0 Å². The maximum absolute atomic E-state index is 6.27. The number of piperidine rings is 1. The Morgan fingerprint density at radius 3 is 2.75 bits per heavy atom. The summed E-state index contributed by atoms with van der Waals surface area (Å²) in [6.45, 7) is 4.06. The Labute approximate surface area is 97.0 Å². The number of nitrogens with zero attached hydrogens (tertiary/aromatic N) is 1. The van der Waals surface area contributed by atoms with E-state index >= 15 is 0 Å². The van der Waals surface area contributed by atoms with Gasteiger partial charge in [-0.3, -0.25) is 0 Å². The van der Waals surface area contributed by atoms with Crippen LogP contribution >= 0.6 is 0 Å². The van der Waals surface area contributed by atoms with Crippen molar-refractivity contribution in [1.82, 2.24) is 9.88 Å². The number of nitrogens with one attached hydrogen (secondary N) is 1. The number of H-pyrrole nitrogens is 1. The summed E-state index contributed by atoms with van der Waals surface area (Å²) in [5.41, 5.74) is 13.1. The number of rotatable bonds is 4. The van der Waals surface area contributed by atoms with Crippen LogP contribution in [-0.4, -0.2) is 36.1 Å². The van der Waals surface area contributed by atoms with Gasteiger partial charge in [0.05, 0.1) is 0 Å². The number of hydrogen-bond acceptors (Lipinski definition) is 3. The van der Waals surface area contributed by atoms with Gasteiger partial charge < -0.3 is 21.4 Å². The topological polar surface area (TPSA) is 71.1 Å². The highest BCUT2D eigenvalue weighted by molar-refractivity contribution is 5.14. The van der Waals surface area contributed by atoms with Gasteiger partial charge in [-0.25, -0.2) is 0 Å². The van der Waals surface area contributed by atoms with Crippen molar-refractivity contribution in [2.24, 2.45) is 17.4 Å². The Balaban J connectivity index is 1.84. The molecule has 90 valence electrons. The average molecular weight is 222 g/mol. The molecular formula is C12H22N4. The Kier molecular flexibility index (Phi) is 3.98. The zero-order chi connectivity index (χ0) is 11.4. The third kappa shape index (κ3) is 2.64. The Morgan fingerprint density at radius 2 is 2.19 bits per heavy atom. The van der Waals surface area contributed by atoms with Crippen molar-refractivity contribution in [1.29, 1.82) is 0 Å². The minimum absolute atomic E-state index is 0.186. The largest absolute Gasteiger partial charge is 0.367 e. The van der Waals surface area contributed by atoms with Crippen molar-refractivity contribution in [3.05, 3.63) is 24.0 Å². The molecule has 5 N–H and O–H groups in total. The smallest absolute Gasteiger partial charge is 0.0339 e. The highest BCUT2D eigenvalue weighted by Gasteiger charge is 2.24. The lowest BCUT2D eigenvalue weighted by molar-refractivity contribution is 0.173. The second-order valence-electron chi connectivity index (χ2n) is 4.64. The molecule has 4 heteroatoms. The first kappa shape index (κ1) is 11.6. The normalized spacial score (nSPS) is 21.1. The quantitative estimate of drug-likeness (QED) is 0.702. The monoisotopic (exact) mass is 222 g/mol. The lowest BCUT2D eigenvalue weighted by Crippen LogP contribution is -2.39. The molecular weight excluding hydrogens is 200 g/mol. The van der Waals surface area contributed by atoms with Crippen LogP contribution in [0.2, 0.25) is 0 Å². The summed E-state index contributed by atoms with van der Waals surface area (Å²) in [6.07, 6.45) is 6.33. The van der Waals surface area contributed by atoms with Gasteiger partial charge in [-0.15, -0.1) is 0 Å². The molecule has 16 heavy (non-hydrogen) atoms. The van der Waals surface area contributed by atoms with E-state index in [9.17, 15) is 0 Å². The molecule has 0 radical (unpaired) electrons. The summed E-state index contributed by atoms with van der Waals surface area (Å²) in [5.74, 6) is 0.616. The molecule has 0 aliphatic carbocycles. The fraction of sp³-hybridized carbons (Fsp3) is 0.667. The standard InChI is InChI=1S/C12H22N4/c13-4-8-16-6-2-10(3-7-16)12(14)11-1-5-15-9-11/h1,5,9-10,12,15H,2-4,6-8,13-14H2. The second-order valence-corrected chi connectivity index (χ2v) is 4.64. The van der Waals surface area contributed by atoms with E-state index in [1.807, 2.05) is 12.4 Å². The number of nitrogens with two attached hydrogens (primary N) is 2. The number of aromatic nitrogens is 1. The number of aromatic amines is 1. The van der Waals surface area contributed by atoms with Crippen molar-refractivity contribution in [3.8, 4) is 0 Å². The highest BCUT2D eigenvalue weighted by atomic mass is 15.1. The van der Waals surface area contributed by atoms with Gasteiger partial charge in [0.2, 0.25) is 0 Å². The van der Waals surface area contributed by atoms with Crippen LogP contribution in [-0.2, 0) is 0 Å². The van der Waals surface area contributed by atoms with E-state index in [1.165, 1.54) is 18.4 Å². The Hall–Kier alpha value is -0.840. The van der Waals surface area contributed by atoms with E-state index in [1.54, 1.807) is 0 Å². The van der Waals surface area contributed by atoms with E-state index in [4.69, 9.17) is 11.5 Å². The molecule has 0 saturated carbocycles. The summed E-state index contributed by atoms with van der Waals surface area (Å²) < 4.78 is 0. The van der Waals surface area contributed by atoms with E-state index in [0.717, 1.165) is 26.2 Å². The molecule has 1 fully saturated rings. The van der Waals surface area contributed by atoms with Crippen LogP contribution in [0.15, 0.2) is 18.5 Å². The molecule has 0 spiro atoms. The Bertz CT molecular complexity index is 288. The van der Waals surface area contributed by atoms with E-state index in [2.05, 4.69) is 16.0 Å². The van der Waals surface area contributed by atoms with Crippen LogP contribution in [0.4, 0.5) is 0 Å². The predicted molar refractivity (Wildman–Crippen MR) is 65.9 cm³/mol. The van der Waals surface area contributed by atoms with Crippen LogP contribution in [0.1, 0.15) is 24.4 Å². The number of likely N-dealkylation sites (tertiary alicyclic amines) is 1. The first-order valence-corrected chi connectivity index (χ1v) is 6.12. The van der Waals surface area contributed by atoms with Gasteiger partial charge in [0.25, 0.3) is 0 Å². The summed E-state index contributed by atoms with van der Waals surface area (Å²) >= 11 is 0. The summed E-state index contributed by atoms with van der Waals surface area (Å²) in [4.78, 5) is 5.50. The molecule has 0 amide bonds. The van der Waals surface area contributed by atoms with Gasteiger partial charge in [0.15, 0.2) is 0 Å². The lowest BCUT2D eigenvalue weighted by Gasteiger charge is -2.34. The molecule has 1 aliphatic rings. The molecule has 1 aromatic rings. The molecule has 2 rings (SSSR count). The third-order valence-electron chi connectivity index (χ3n) is 3.59. The molecule has 1 aliphatic heterocycles. The van der Waals surface area contributed by atoms with Gasteiger partial charge in [-0.1, -0.05) is 0 Å². The molecule has 0 bridgehead atoms. The van der Waals surface area contributed by atoms with Gasteiger partial charge in [-0.05, 0) is 43.5 Å². The van der Waals surface area contributed by atoms with Crippen molar-refractivity contribution < 1.29 is 0 Å². The highest BCUT2D eigenvalue weighted by Crippen LogP contribution is 2.28. The maximum atomic E-state index is 6.27. The first-order chi connectivity index (χ1) is 7.81. The molecule has 1 atom stereocenters. The molecule has 4 nitrogen and oxygen atoms in total. The van der Waals surface area contributed by atoms with E-state index < -0.39 is 0 Å². The molecule has 2 heterocycles. The fourth-order valence-electron chi connectivity index (χ4n) is 2.53.